The zero-order valence-corrected chi connectivity index (χ0v) is 20.1. The minimum Gasteiger partial charge on any atom is -0.495 e. The van der Waals surface area contributed by atoms with Gasteiger partial charge in [0, 0.05) is 49.5 Å². The van der Waals surface area contributed by atoms with Crippen LogP contribution in [0.2, 0.25) is 0 Å². The van der Waals surface area contributed by atoms with Crippen LogP contribution in [0.5, 0.6) is 5.75 Å². The van der Waals surface area contributed by atoms with Crippen molar-refractivity contribution in [1.29, 1.82) is 0 Å². The van der Waals surface area contributed by atoms with Crippen LogP contribution < -0.4 is 15.8 Å². The van der Waals surface area contributed by atoms with E-state index in [4.69, 9.17) is 10.5 Å². The van der Waals surface area contributed by atoms with E-state index in [0.29, 0.717) is 6.04 Å². The number of hydrogen-bond acceptors (Lipinski definition) is 5. The maximum Gasteiger partial charge on any atom is 0.142 e. The molecule has 3 heterocycles. The first-order valence-corrected chi connectivity index (χ1v) is 11.5. The number of aromatic nitrogens is 1. The molecule has 5 rings (SSSR count). The third-order valence-corrected chi connectivity index (χ3v) is 7.02. The van der Waals surface area contributed by atoms with Gasteiger partial charge in [-0.15, -0.1) is 12.4 Å². The molecule has 2 aliphatic rings. The van der Waals surface area contributed by atoms with Crippen molar-refractivity contribution in [3.05, 3.63) is 88.7 Å². The lowest BCUT2D eigenvalue weighted by Gasteiger charge is -2.46. The molecule has 0 saturated carbocycles. The van der Waals surface area contributed by atoms with Crippen LogP contribution in [0.1, 0.15) is 46.3 Å². The molecule has 174 valence electrons. The summed E-state index contributed by atoms with van der Waals surface area (Å²) < 4.78 is 5.79. The van der Waals surface area contributed by atoms with Crippen molar-refractivity contribution < 1.29 is 4.74 Å². The molecular formula is C27H33ClN4O. The largest absolute Gasteiger partial charge is 0.495 e. The number of benzene rings is 2. The molecule has 0 radical (unpaired) electrons. The van der Waals surface area contributed by atoms with Gasteiger partial charge in [-0.2, -0.15) is 0 Å². The summed E-state index contributed by atoms with van der Waals surface area (Å²) in [5.74, 6) is 1.18. The van der Waals surface area contributed by atoms with Crippen LogP contribution >= 0.6 is 12.4 Å². The Kier molecular flexibility index (Phi) is 7.23. The number of rotatable bonds is 5. The second-order valence-corrected chi connectivity index (χ2v) is 9.12. The van der Waals surface area contributed by atoms with Gasteiger partial charge in [0.15, 0.2) is 0 Å². The molecular weight excluding hydrogens is 432 g/mol. The van der Waals surface area contributed by atoms with Crippen molar-refractivity contribution in [2.24, 2.45) is 5.73 Å². The Balaban J connectivity index is 0.00000259. The van der Waals surface area contributed by atoms with E-state index in [2.05, 4.69) is 64.6 Å². The Morgan fingerprint density at radius 2 is 1.97 bits per heavy atom. The summed E-state index contributed by atoms with van der Waals surface area (Å²) in [4.78, 5) is 7.24. The summed E-state index contributed by atoms with van der Waals surface area (Å²) in [6.45, 7) is 4.91. The highest BCUT2D eigenvalue weighted by Gasteiger charge is 2.39. The monoisotopic (exact) mass is 464 g/mol. The standard InChI is InChI=1S/C27H32N4O.ClH/c1-18-8-10-29-24(12-18)22-17-31-11-9-20-13-25(30-16-19-6-4-3-5-7-19)27(32-2)14-21(20)26(31)15-23(22)28;/h3-8,10,12-14,22-23,26,30H,9,11,15-17,28H2,1-2H3;1H/t22-,23-,26-;/m1./s1. The van der Waals surface area contributed by atoms with Gasteiger partial charge in [-0.3, -0.25) is 9.88 Å². The van der Waals surface area contributed by atoms with Gasteiger partial charge in [-0.25, -0.2) is 0 Å². The molecule has 2 aromatic carbocycles. The third-order valence-electron chi connectivity index (χ3n) is 7.02. The topological polar surface area (TPSA) is 63.4 Å². The normalized spacial score (nSPS) is 22.0. The van der Waals surface area contributed by atoms with Crippen molar-refractivity contribution in [3.8, 4) is 5.75 Å². The first-order valence-electron chi connectivity index (χ1n) is 11.5. The van der Waals surface area contributed by atoms with Crippen LogP contribution in [0.4, 0.5) is 5.69 Å². The number of hydrogen-bond donors (Lipinski definition) is 2. The minimum absolute atomic E-state index is 0. The number of aryl methyl sites for hydroxylation is 1. The van der Waals surface area contributed by atoms with Gasteiger partial charge in [-0.1, -0.05) is 30.3 Å². The Morgan fingerprint density at radius 1 is 1.15 bits per heavy atom. The summed E-state index contributed by atoms with van der Waals surface area (Å²) in [5.41, 5.74) is 14.2. The lowest BCUT2D eigenvalue weighted by molar-refractivity contribution is 0.108. The smallest absolute Gasteiger partial charge is 0.142 e. The number of ether oxygens (including phenoxy) is 1. The van der Waals surface area contributed by atoms with Crippen LogP contribution in [0.3, 0.4) is 0 Å². The summed E-state index contributed by atoms with van der Waals surface area (Å²) in [7, 11) is 1.75. The van der Waals surface area contributed by atoms with Crippen LogP contribution in [-0.4, -0.2) is 36.1 Å². The molecule has 3 aromatic rings. The molecule has 3 atom stereocenters. The van der Waals surface area contributed by atoms with Gasteiger partial charge in [0.05, 0.1) is 12.8 Å². The predicted molar refractivity (Wildman–Crippen MR) is 136 cm³/mol. The fraction of sp³-hybridized carbons (Fsp3) is 0.370. The number of pyridine rings is 1. The zero-order valence-electron chi connectivity index (χ0n) is 19.3. The SMILES string of the molecule is COc1cc2c(cc1NCc1ccccc1)CCN1C[C@@H](c3cc(C)ccn3)[C@H](N)C[C@H]21.Cl. The van der Waals surface area contributed by atoms with E-state index in [9.17, 15) is 0 Å². The van der Waals surface area contributed by atoms with E-state index in [-0.39, 0.29) is 24.4 Å². The van der Waals surface area contributed by atoms with E-state index >= 15 is 0 Å². The molecule has 0 bridgehead atoms. The minimum atomic E-state index is 0. The number of anilines is 1. The van der Waals surface area contributed by atoms with Crippen LogP contribution in [0, 0.1) is 6.92 Å². The first kappa shape index (κ1) is 23.6. The molecule has 3 N–H and O–H groups in total. The Bertz CT molecular complexity index is 1090. The van der Waals surface area contributed by atoms with Crippen LogP contribution in [-0.2, 0) is 13.0 Å². The summed E-state index contributed by atoms with van der Waals surface area (Å²) >= 11 is 0. The Hall–Kier alpha value is -2.60. The van der Waals surface area contributed by atoms with Gasteiger partial charge < -0.3 is 15.8 Å². The maximum absolute atomic E-state index is 6.73. The fourth-order valence-corrected chi connectivity index (χ4v) is 5.26. The number of nitrogens with one attached hydrogen (secondary N) is 1. The average molecular weight is 465 g/mol. The predicted octanol–water partition coefficient (Wildman–Crippen LogP) is 4.85. The molecule has 5 nitrogen and oxygen atoms in total. The quantitative estimate of drug-likeness (QED) is 0.565. The number of piperidine rings is 1. The van der Waals surface area contributed by atoms with E-state index in [0.717, 1.165) is 49.6 Å². The van der Waals surface area contributed by atoms with Crippen molar-refractivity contribution in [1.82, 2.24) is 9.88 Å². The Morgan fingerprint density at radius 3 is 2.73 bits per heavy atom. The molecule has 0 unspecified atom stereocenters. The van der Waals surface area contributed by atoms with Crippen LogP contribution in [0.25, 0.3) is 0 Å². The van der Waals surface area contributed by atoms with Crippen LogP contribution in [0.15, 0.2) is 60.8 Å². The van der Waals surface area contributed by atoms with Gasteiger partial charge in [0.25, 0.3) is 0 Å². The van der Waals surface area contributed by atoms with E-state index in [1.54, 1.807) is 7.11 Å². The van der Waals surface area contributed by atoms with E-state index in [1.165, 1.54) is 22.3 Å². The summed E-state index contributed by atoms with van der Waals surface area (Å²) in [5, 5.41) is 3.57. The molecule has 0 amide bonds. The highest BCUT2D eigenvalue weighted by molar-refractivity contribution is 5.85. The second-order valence-electron chi connectivity index (χ2n) is 9.12. The average Bonchev–Trinajstić information content (AvgIpc) is 2.82. The molecule has 1 aromatic heterocycles. The van der Waals surface area contributed by atoms with Crippen molar-refractivity contribution >= 4 is 18.1 Å². The highest BCUT2D eigenvalue weighted by Crippen LogP contribution is 2.43. The number of halogens is 1. The molecule has 1 saturated heterocycles. The van der Waals surface area contributed by atoms with E-state index < -0.39 is 0 Å². The highest BCUT2D eigenvalue weighted by atomic mass is 35.5. The second kappa shape index (κ2) is 10.1. The summed E-state index contributed by atoms with van der Waals surface area (Å²) in [6.07, 6.45) is 3.89. The fourth-order valence-electron chi connectivity index (χ4n) is 5.26. The van der Waals surface area contributed by atoms with Gasteiger partial charge >= 0.3 is 0 Å². The van der Waals surface area contributed by atoms with Gasteiger partial charge in [0.2, 0.25) is 0 Å². The Labute approximate surface area is 202 Å². The van der Waals surface area contributed by atoms with Crippen molar-refractivity contribution in [2.75, 3.05) is 25.5 Å². The van der Waals surface area contributed by atoms with Gasteiger partial charge in [0.1, 0.15) is 5.75 Å². The summed E-state index contributed by atoms with van der Waals surface area (Å²) in [6, 6.07) is 19.7. The van der Waals surface area contributed by atoms with Crippen molar-refractivity contribution in [2.45, 2.75) is 44.3 Å². The first-order chi connectivity index (χ1) is 15.6. The van der Waals surface area contributed by atoms with Crippen molar-refractivity contribution in [3.63, 3.8) is 0 Å². The molecule has 0 spiro atoms. The number of nitrogens with two attached hydrogens (primary N) is 1. The lowest BCUT2D eigenvalue weighted by Crippen LogP contribution is -2.50. The van der Waals surface area contributed by atoms with E-state index in [1.807, 2.05) is 18.3 Å². The number of fused-ring (bicyclic) bond motifs is 3. The van der Waals surface area contributed by atoms with Gasteiger partial charge in [-0.05, 0) is 66.3 Å². The molecule has 6 heteroatoms. The third kappa shape index (κ3) is 4.86. The maximum atomic E-state index is 6.73. The molecule has 33 heavy (non-hydrogen) atoms. The zero-order chi connectivity index (χ0) is 22.1. The lowest BCUT2D eigenvalue weighted by atomic mass is 9.79. The molecule has 0 aliphatic carbocycles. The molecule has 1 fully saturated rings. The molecule has 2 aliphatic heterocycles. The number of nitrogens with zero attached hydrogens (tertiary/aromatic N) is 2. The number of methoxy groups -OCH3 is 1.